The summed E-state index contributed by atoms with van der Waals surface area (Å²) in [5, 5.41) is 3.46. The Balaban J connectivity index is 1.75. The number of rotatable bonds is 8. The predicted octanol–water partition coefficient (Wildman–Crippen LogP) is 3.73. The van der Waals surface area contributed by atoms with Gasteiger partial charge in [0.2, 0.25) is 5.90 Å². The maximum absolute atomic E-state index is 12.6. The number of nitrogens with one attached hydrogen (secondary N) is 1. The number of aliphatic imine (C=N–C) groups is 1. The summed E-state index contributed by atoms with van der Waals surface area (Å²) in [5.74, 6) is 0.566. The summed E-state index contributed by atoms with van der Waals surface area (Å²) in [5.41, 5.74) is 2.28. The first-order valence-corrected chi connectivity index (χ1v) is 12.0. The Morgan fingerprint density at radius 3 is 2.42 bits per heavy atom. The fraction of sp³-hybridized carbons (Fsp3) is 0.609. The van der Waals surface area contributed by atoms with Crippen molar-refractivity contribution in [3.63, 3.8) is 0 Å². The van der Waals surface area contributed by atoms with Crippen molar-refractivity contribution < 1.29 is 22.1 Å². The molecule has 31 heavy (non-hydrogen) atoms. The molecule has 7 nitrogen and oxygen atoms in total. The Labute approximate surface area is 186 Å². The highest BCUT2D eigenvalue weighted by molar-refractivity contribution is 7.86. The summed E-state index contributed by atoms with van der Waals surface area (Å²) in [6, 6.07) is 6.62. The topological polar surface area (TPSA) is 86.2 Å². The van der Waals surface area contributed by atoms with Gasteiger partial charge in [0.25, 0.3) is 10.1 Å². The average Bonchev–Trinajstić information content (AvgIpc) is 3.21. The zero-order chi connectivity index (χ0) is 22.9. The van der Waals surface area contributed by atoms with Crippen molar-refractivity contribution in [1.82, 2.24) is 5.32 Å². The molecule has 0 aliphatic carbocycles. The van der Waals surface area contributed by atoms with E-state index >= 15 is 0 Å². The van der Waals surface area contributed by atoms with E-state index in [-0.39, 0.29) is 28.8 Å². The zero-order valence-electron chi connectivity index (χ0n) is 19.3. The van der Waals surface area contributed by atoms with Crippen LogP contribution in [-0.4, -0.2) is 51.4 Å². The highest BCUT2D eigenvalue weighted by Crippen LogP contribution is 2.27. The van der Waals surface area contributed by atoms with Gasteiger partial charge in [-0.1, -0.05) is 17.7 Å². The van der Waals surface area contributed by atoms with Crippen LogP contribution in [0.25, 0.3) is 0 Å². The number of aryl methyl sites for hydroxylation is 1. The second-order valence-electron chi connectivity index (χ2n) is 9.67. The summed E-state index contributed by atoms with van der Waals surface area (Å²) in [6.07, 6.45) is 1.30. The molecule has 2 heterocycles. The van der Waals surface area contributed by atoms with E-state index in [1.54, 1.807) is 24.3 Å². The number of nitrogens with zero attached hydrogens (tertiary/aromatic N) is 1. The molecule has 0 aromatic heterocycles. The largest absolute Gasteiger partial charge is 0.475 e. The third-order valence-electron chi connectivity index (χ3n) is 5.33. The molecule has 2 aliphatic rings. The molecule has 0 bridgehead atoms. The van der Waals surface area contributed by atoms with Crippen LogP contribution in [-0.2, 0) is 23.8 Å². The van der Waals surface area contributed by atoms with Crippen LogP contribution in [0, 0.1) is 6.92 Å². The summed E-state index contributed by atoms with van der Waals surface area (Å²) >= 11 is 0. The van der Waals surface area contributed by atoms with Crippen LogP contribution in [0.4, 0.5) is 0 Å². The Bertz CT molecular complexity index is 962. The minimum atomic E-state index is -3.85. The number of benzene rings is 1. The van der Waals surface area contributed by atoms with Crippen LogP contribution in [0.1, 0.15) is 53.0 Å². The van der Waals surface area contributed by atoms with E-state index < -0.39 is 10.1 Å². The Kier molecular flexibility index (Phi) is 6.96. The summed E-state index contributed by atoms with van der Waals surface area (Å²) < 4.78 is 42.3. The van der Waals surface area contributed by atoms with Gasteiger partial charge in [-0.25, -0.2) is 4.99 Å². The first-order valence-electron chi connectivity index (χ1n) is 10.6. The lowest BCUT2D eigenvalue weighted by Crippen LogP contribution is -2.39. The third-order valence-corrected chi connectivity index (χ3v) is 6.61. The second-order valence-corrected chi connectivity index (χ2v) is 11.3. The fourth-order valence-corrected chi connectivity index (χ4v) is 4.46. The molecule has 1 aromatic rings. The van der Waals surface area contributed by atoms with E-state index in [0.717, 1.165) is 23.1 Å². The van der Waals surface area contributed by atoms with Crippen molar-refractivity contribution in [3.8, 4) is 0 Å². The number of hydrogen-bond acceptors (Lipinski definition) is 7. The van der Waals surface area contributed by atoms with Crippen molar-refractivity contribution in [2.24, 2.45) is 4.99 Å². The maximum Gasteiger partial charge on any atom is 0.297 e. The SMILES string of the molecule is CC(COS(=O)(=O)c1ccc(C)cc1)=C(CCC1NC(C)(C)CO1)C1=NC(C)(C)CO1. The first-order chi connectivity index (χ1) is 14.4. The lowest BCUT2D eigenvalue weighted by molar-refractivity contribution is 0.0920. The molecule has 1 unspecified atom stereocenters. The van der Waals surface area contributed by atoms with Crippen LogP contribution in [0.15, 0.2) is 45.3 Å². The predicted molar refractivity (Wildman–Crippen MR) is 121 cm³/mol. The smallest absolute Gasteiger partial charge is 0.297 e. The molecular weight excluding hydrogens is 416 g/mol. The molecular formula is C23H34N2O5S. The molecule has 172 valence electrons. The molecule has 3 rings (SSSR count). The van der Waals surface area contributed by atoms with E-state index in [0.29, 0.717) is 25.5 Å². The van der Waals surface area contributed by atoms with Crippen LogP contribution < -0.4 is 5.32 Å². The monoisotopic (exact) mass is 450 g/mol. The Morgan fingerprint density at radius 2 is 1.87 bits per heavy atom. The van der Waals surface area contributed by atoms with Crippen molar-refractivity contribution in [3.05, 3.63) is 41.0 Å². The van der Waals surface area contributed by atoms with Crippen molar-refractivity contribution >= 4 is 16.0 Å². The quantitative estimate of drug-likeness (QED) is 0.608. The molecule has 2 aliphatic heterocycles. The van der Waals surface area contributed by atoms with Crippen LogP contribution in [0.2, 0.25) is 0 Å². The van der Waals surface area contributed by atoms with Gasteiger partial charge in [-0.2, -0.15) is 8.42 Å². The molecule has 1 fully saturated rings. The minimum absolute atomic E-state index is 0.0567. The molecule has 8 heteroatoms. The van der Waals surface area contributed by atoms with Crippen molar-refractivity contribution in [2.75, 3.05) is 19.8 Å². The Morgan fingerprint density at radius 1 is 1.19 bits per heavy atom. The van der Waals surface area contributed by atoms with E-state index in [4.69, 9.17) is 18.6 Å². The summed E-state index contributed by atoms with van der Waals surface area (Å²) in [6.45, 7) is 13.1. The molecule has 1 saturated heterocycles. The average molecular weight is 451 g/mol. The van der Waals surface area contributed by atoms with E-state index in [2.05, 4.69) is 19.2 Å². The normalized spacial score (nSPS) is 23.3. The molecule has 0 amide bonds. The van der Waals surface area contributed by atoms with Crippen molar-refractivity contribution in [2.45, 2.75) is 76.6 Å². The maximum atomic E-state index is 12.6. The molecule has 0 spiro atoms. The van der Waals surface area contributed by atoms with Gasteiger partial charge in [-0.15, -0.1) is 0 Å². The fourth-order valence-electron chi connectivity index (χ4n) is 3.53. The van der Waals surface area contributed by atoms with Crippen molar-refractivity contribution in [1.29, 1.82) is 0 Å². The first kappa shape index (κ1) is 23.9. The zero-order valence-corrected chi connectivity index (χ0v) is 20.1. The highest BCUT2D eigenvalue weighted by atomic mass is 32.2. The molecule has 1 atom stereocenters. The van der Waals surface area contributed by atoms with Gasteiger partial charge in [-0.05, 0) is 72.1 Å². The van der Waals surface area contributed by atoms with Gasteiger partial charge >= 0.3 is 0 Å². The van der Waals surface area contributed by atoms with E-state index in [1.165, 1.54) is 0 Å². The lowest BCUT2D eigenvalue weighted by Gasteiger charge is -2.18. The molecule has 1 aromatic carbocycles. The molecule has 1 N–H and O–H groups in total. The standard InChI is InChI=1S/C23H34N2O5S/c1-16-7-9-18(10-8-16)31(26,27)30-13-17(2)19(21-25-23(5,6)15-29-21)11-12-20-24-22(3,4)14-28-20/h7-10,20,24H,11-15H2,1-6H3. The second kappa shape index (κ2) is 9.02. The number of hydrogen-bond donors (Lipinski definition) is 1. The van der Waals surface area contributed by atoms with Gasteiger partial charge in [0.1, 0.15) is 12.8 Å². The lowest BCUT2D eigenvalue weighted by atomic mass is 10.0. The van der Waals surface area contributed by atoms with Gasteiger partial charge in [0.05, 0.1) is 23.6 Å². The third kappa shape index (κ3) is 6.38. The Hall–Kier alpha value is -1.74. The van der Waals surface area contributed by atoms with Gasteiger partial charge in [0.15, 0.2) is 0 Å². The minimum Gasteiger partial charge on any atom is -0.475 e. The highest BCUT2D eigenvalue weighted by Gasteiger charge is 2.33. The van der Waals surface area contributed by atoms with Crippen LogP contribution in [0.5, 0.6) is 0 Å². The summed E-state index contributed by atoms with van der Waals surface area (Å²) in [7, 11) is -3.85. The van der Waals surface area contributed by atoms with Gasteiger partial charge in [0, 0.05) is 11.1 Å². The van der Waals surface area contributed by atoms with Crippen LogP contribution in [0.3, 0.4) is 0 Å². The summed E-state index contributed by atoms with van der Waals surface area (Å²) in [4.78, 5) is 4.85. The van der Waals surface area contributed by atoms with Crippen LogP contribution >= 0.6 is 0 Å². The molecule has 0 radical (unpaired) electrons. The number of ether oxygens (including phenoxy) is 2. The van der Waals surface area contributed by atoms with Gasteiger partial charge in [-0.3, -0.25) is 9.50 Å². The van der Waals surface area contributed by atoms with E-state index in [1.807, 2.05) is 27.7 Å². The van der Waals surface area contributed by atoms with E-state index in [9.17, 15) is 8.42 Å². The molecule has 0 saturated carbocycles. The van der Waals surface area contributed by atoms with Gasteiger partial charge < -0.3 is 9.47 Å².